The summed E-state index contributed by atoms with van der Waals surface area (Å²) in [7, 11) is 1.92. The molecule has 0 aliphatic rings. The lowest BCUT2D eigenvalue weighted by Crippen LogP contribution is -1.92. The van der Waals surface area contributed by atoms with Crippen molar-refractivity contribution in [3.63, 3.8) is 0 Å². The summed E-state index contributed by atoms with van der Waals surface area (Å²) in [5.74, 6) is 0. The molecular weight excluding hydrogens is 267 g/mol. The highest BCUT2D eigenvalue weighted by atomic mass is 127. The van der Waals surface area contributed by atoms with E-state index >= 15 is 0 Å². The molecule has 0 radical (unpaired) electrons. The van der Waals surface area contributed by atoms with Crippen LogP contribution >= 0.6 is 22.6 Å². The minimum Gasteiger partial charge on any atom is -0.345 e. The van der Waals surface area contributed by atoms with Gasteiger partial charge in [-0.3, -0.25) is 4.68 Å². The van der Waals surface area contributed by atoms with Gasteiger partial charge in [0.2, 0.25) is 0 Å². The van der Waals surface area contributed by atoms with Crippen molar-refractivity contribution in [3.8, 4) is 11.3 Å². The smallest absolute Gasteiger partial charge is 0.108 e. The molecule has 0 aliphatic carbocycles. The summed E-state index contributed by atoms with van der Waals surface area (Å²) in [6, 6.07) is 0. The Labute approximate surface area is 83.2 Å². The van der Waals surface area contributed by atoms with Crippen molar-refractivity contribution in [1.29, 1.82) is 0 Å². The normalized spacial score (nSPS) is 10.5. The number of imidazole rings is 1. The molecule has 62 valence electrons. The first-order valence-electron chi connectivity index (χ1n) is 3.45. The van der Waals surface area contributed by atoms with Crippen molar-refractivity contribution in [2.45, 2.75) is 0 Å². The van der Waals surface area contributed by atoms with E-state index < -0.39 is 0 Å². The second-order valence-electron chi connectivity index (χ2n) is 2.44. The summed E-state index contributed by atoms with van der Waals surface area (Å²) in [4.78, 5) is 6.99. The van der Waals surface area contributed by atoms with Crippen LogP contribution in [0.5, 0.6) is 0 Å². The number of hydrogen-bond acceptors (Lipinski definition) is 2. The first-order valence-corrected chi connectivity index (χ1v) is 4.53. The van der Waals surface area contributed by atoms with Crippen LogP contribution in [0.1, 0.15) is 0 Å². The van der Waals surface area contributed by atoms with Gasteiger partial charge in [-0.2, -0.15) is 5.10 Å². The second-order valence-corrected chi connectivity index (χ2v) is 3.46. The van der Waals surface area contributed by atoms with E-state index in [2.05, 4.69) is 37.7 Å². The molecule has 0 spiro atoms. The Morgan fingerprint density at radius 2 is 2.33 bits per heavy atom. The van der Waals surface area contributed by atoms with Crippen LogP contribution in [0, 0.1) is 3.70 Å². The molecule has 2 heterocycles. The Hall–Kier alpha value is -0.850. The molecule has 0 unspecified atom stereocenters. The molecule has 0 bridgehead atoms. The van der Waals surface area contributed by atoms with Gasteiger partial charge in [0.1, 0.15) is 3.70 Å². The number of nitrogens with zero attached hydrogens (tertiary/aromatic N) is 3. The van der Waals surface area contributed by atoms with Crippen molar-refractivity contribution in [2.75, 3.05) is 0 Å². The molecular formula is C7H7IN4. The van der Waals surface area contributed by atoms with E-state index in [-0.39, 0.29) is 0 Å². The van der Waals surface area contributed by atoms with Crippen molar-refractivity contribution < 1.29 is 0 Å². The van der Waals surface area contributed by atoms with E-state index in [1.807, 2.05) is 17.9 Å². The largest absolute Gasteiger partial charge is 0.345 e. The van der Waals surface area contributed by atoms with Crippen LogP contribution in [-0.4, -0.2) is 19.7 Å². The average molecular weight is 274 g/mol. The number of aromatic nitrogens is 4. The maximum atomic E-state index is 4.13. The molecule has 0 aliphatic heterocycles. The molecule has 2 rings (SSSR count). The zero-order valence-corrected chi connectivity index (χ0v) is 8.61. The first-order chi connectivity index (χ1) is 5.79. The maximum Gasteiger partial charge on any atom is 0.108 e. The fourth-order valence-corrected chi connectivity index (χ4v) is 1.56. The quantitative estimate of drug-likeness (QED) is 0.799. The number of nitrogens with one attached hydrogen (secondary N) is 1. The third-order valence-corrected chi connectivity index (χ3v) is 2.93. The molecule has 4 nitrogen and oxygen atoms in total. The number of aromatic amines is 1. The average Bonchev–Trinajstić information content (AvgIpc) is 2.64. The summed E-state index contributed by atoms with van der Waals surface area (Å²) in [6.45, 7) is 0. The van der Waals surface area contributed by atoms with Gasteiger partial charge in [-0.05, 0) is 22.6 Å². The summed E-state index contributed by atoms with van der Waals surface area (Å²) in [5, 5.41) is 4.13. The zero-order valence-electron chi connectivity index (χ0n) is 6.45. The molecule has 0 saturated carbocycles. The topological polar surface area (TPSA) is 46.5 Å². The van der Waals surface area contributed by atoms with Gasteiger partial charge in [0.05, 0.1) is 30.0 Å². The lowest BCUT2D eigenvalue weighted by Gasteiger charge is -1.93. The molecule has 2 aromatic rings. The van der Waals surface area contributed by atoms with Crippen LogP contribution in [0.15, 0.2) is 18.7 Å². The van der Waals surface area contributed by atoms with E-state index in [0.717, 1.165) is 15.0 Å². The van der Waals surface area contributed by atoms with Crippen LogP contribution in [-0.2, 0) is 7.05 Å². The van der Waals surface area contributed by atoms with Gasteiger partial charge in [-0.15, -0.1) is 0 Å². The summed E-state index contributed by atoms with van der Waals surface area (Å²) in [5.41, 5.74) is 2.10. The molecule has 0 atom stereocenters. The molecule has 5 heteroatoms. The lowest BCUT2D eigenvalue weighted by atomic mass is 10.3. The fraction of sp³-hybridized carbons (Fsp3) is 0.143. The molecule has 0 amide bonds. The van der Waals surface area contributed by atoms with E-state index in [0.29, 0.717) is 0 Å². The Bertz CT molecular complexity index is 376. The minimum atomic E-state index is 1.01. The monoisotopic (exact) mass is 274 g/mol. The van der Waals surface area contributed by atoms with Gasteiger partial charge in [0.25, 0.3) is 0 Å². The molecule has 0 aromatic carbocycles. The molecule has 12 heavy (non-hydrogen) atoms. The number of hydrogen-bond donors (Lipinski definition) is 1. The Morgan fingerprint density at radius 1 is 1.50 bits per heavy atom. The highest BCUT2D eigenvalue weighted by molar-refractivity contribution is 14.1. The van der Waals surface area contributed by atoms with Crippen LogP contribution in [0.2, 0.25) is 0 Å². The highest BCUT2D eigenvalue weighted by Crippen LogP contribution is 2.21. The molecule has 0 fully saturated rings. The SMILES string of the molecule is Cn1ncc(-c2cnc[nH]2)c1I. The predicted octanol–water partition coefficient (Wildman–Crippen LogP) is 1.41. The first kappa shape index (κ1) is 7.78. The van der Waals surface area contributed by atoms with E-state index in [9.17, 15) is 0 Å². The minimum absolute atomic E-state index is 1.01. The zero-order chi connectivity index (χ0) is 8.55. The molecule has 0 saturated heterocycles. The van der Waals surface area contributed by atoms with Crippen LogP contribution in [0.3, 0.4) is 0 Å². The van der Waals surface area contributed by atoms with Crippen molar-refractivity contribution in [3.05, 3.63) is 22.4 Å². The van der Waals surface area contributed by atoms with Crippen molar-refractivity contribution in [1.82, 2.24) is 19.7 Å². The number of aryl methyl sites for hydroxylation is 1. The van der Waals surface area contributed by atoms with Crippen LogP contribution in [0.4, 0.5) is 0 Å². The number of H-pyrrole nitrogens is 1. The number of halogens is 1. The number of rotatable bonds is 1. The predicted molar refractivity (Wildman–Crippen MR) is 53.5 cm³/mol. The van der Waals surface area contributed by atoms with E-state index in [1.165, 1.54) is 0 Å². The molecule has 1 N–H and O–H groups in total. The van der Waals surface area contributed by atoms with Gasteiger partial charge in [0, 0.05) is 7.05 Å². The third-order valence-electron chi connectivity index (χ3n) is 1.65. The van der Waals surface area contributed by atoms with Gasteiger partial charge < -0.3 is 4.98 Å². The van der Waals surface area contributed by atoms with Crippen molar-refractivity contribution >= 4 is 22.6 Å². The summed E-state index contributed by atoms with van der Waals surface area (Å²) < 4.78 is 2.94. The van der Waals surface area contributed by atoms with Crippen molar-refractivity contribution in [2.24, 2.45) is 7.05 Å². The van der Waals surface area contributed by atoms with Gasteiger partial charge in [0.15, 0.2) is 0 Å². The Balaban J connectivity index is 2.55. The second kappa shape index (κ2) is 2.89. The van der Waals surface area contributed by atoms with Crippen LogP contribution in [0.25, 0.3) is 11.3 Å². The Morgan fingerprint density at radius 3 is 2.83 bits per heavy atom. The van der Waals surface area contributed by atoms with Gasteiger partial charge in [-0.25, -0.2) is 4.98 Å². The fourth-order valence-electron chi connectivity index (χ4n) is 1.01. The van der Waals surface area contributed by atoms with E-state index in [1.54, 1.807) is 12.5 Å². The van der Waals surface area contributed by atoms with Gasteiger partial charge in [-0.1, -0.05) is 0 Å². The maximum absolute atomic E-state index is 4.13. The van der Waals surface area contributed by atoms with E-state index in [4.69, 9.17) is 0 Å². The highest BCUT2D eigenvalue weighted by Gasteiger charge is 2.07. The van der Waals surface area contributed by atoms with Crippen LogP contribution < -0.4 is 0 Å². The standard InChI is InChI=1S/C7H7IN4/c1-12-7(8)5(2-11-12)6-3-9-4-10-6/h2-4H,1H3,(H,9,10). The Kier molecular flexibility index (Phi) is 1.87. The lowest BCUT2D eigenvalue weighted by molar-refractivity contribution is 0.748. The summed E-state index contributed by atoms with van der Waals surface area (Å²) in [6.07, 6.45) is 5.28. The summed E-state index contributed by atoms with van der Waals surface area (Å²) >= 11 is 2.25. The molecule has 2 aromatic heterocycles. The van der Waals surface area contributed by atoms with Gasteiger partial charge >= 0.3 is 0 Å². The third kappa shape index (κ3) is 1.13.